The third-order valence-corrected chi connectivity index (χ3v) is 3.36. The van der Waals surface area contributed by atoms with E-state index >= 15 is 0 Å². The van der Waals surface area contributed by atoms with E-state index in [9.17, 15) is 18.0 Å². The van der Waals surface area contributed by atoms with E-state index in [0.717, 1.165) is 12.1 Å². The fraction of sp³-hybridized carbons (Fsp3) is 0.222. The van der Waals surface area contributed by atoms with E-state index < -0.39 is 17.7 Å². The first-order valence-electron chi connectivity index (χ1n) is 7.42. The fourth-order valence-corrected chi connectivity index (χ4v) is 2.16. The first-order chi connectivity index (χ1) is 11.8. The molecule has 25 heavy (non-hydrogen) atoms. The van der Waals surface area contributed by atoms with Crippen molar-refractivity contribution in [3.05, 3.63) is 59.3 Å². The van der Waals surface area contributed by atoms with Gasteiger partial charge in [-0.2, -0.15) is 13.2 Å². The van der Waals surface area contributed by atoms with Gasteiger partial charge in [0.2, 0.25) is 5.88 Å². The zero-order valence-electron chi connectivity index (χ0n) is 13.7. The van der Waals surface area contributed by atoms with Gasteiger partial charge in [-0.3, -0.25) is 0 Å². The molecule has 0 bridgehead atoms. The van der Waals surface area contributed by atoms with Gasteiger partial charge in [-0.05, 0) is 49.2 Å². The third kappa shape index (κ3) is 4.17. The van der Waals surface area contributed by atoms with Gasteiger partial charge in [0.05, 0.1) is 12.2 Å². The first kappa shape index (κ1) is 18.5. The molecular formula is C18H16F3NO3. The Morgan fingerprint density at radius 1 is 1.32 bits per heavy atom. The summed E-state index contributed by atoms with van der Waals surface area (Å²) in [5.41, 5.74) is -0.00197. The highest BCUT2D eigenvalue weighted by atomic mass is 19.4. The summed E-state index contributed by atoms with van der Waals surface area (Å²) in [6.07, 6.45) is -1.59. The van der Waals surface area contributed by atoms with Gasteiger partial charge in [-0.15, -0.1) is 0 Å². The third-order valence-electron chi connectivity index (χ3n) is 3.36. The fourth-order valence-electron chi connectivity index (χ4n) is 2.16. The van der Waals surface area contributed by atoms with Gasteiger partial charge in [0.15, 0.2) is 0 Å². The summed E-state index contributed by atoms with van der Waals surface area (Å²) in [4.78, 5) is 16.2. The standard InChI is InChI=1S/C18H16F3NO3/c1-4-12-8-9-22-16(15(12)17(23)24-5-2)25-14-7-6-13(10-11(14)3)18(19,20)21/h4,6-10H,1,5H2,2-3H3. The monoisotopic (exact) mass is 351 g/mol. The molecule has 0 spiro atoms. The molecule has 2 rings (SSSR count). The molecule has 1 heterocycles. The smallest absolute Gasteiger partial charge is 0.416 e. The molecule has 1 aromatic heterocycles. The molecule has 0 unspecified atom stereocenters. The molecule has 0 saturated heterocycles. The number of rotatable bonds is 5. The summed E-state index contributed by atoms with van der Waals surface area (Å²) in [6, 6.07) is 4.63. The minimum Gasteiger partial charge on any atom is -0.462 e. The zero-order chi connectivity index (χ0) is 18.6. The Hall–Kier alpha value is -2.83. The molecule has 0 saturated carbocycles. The van der Waals surface area contributed by atoms with Gasteiger partial charge in [0.1, 0.15) is 11.3 Å². The highest BCUT2D eigenvalue weighted by Crippen LogP contribution is 2.34. The number of aromatic nitrogens is 1. The second kappa shape index (κ2) is 7.38. The quantitative estimate of drug-likeness (QED) is 0.710. The molecule has 0 N–H and O–H groups in total. The average Bonchev–Trinajstić information content (AvgIpc) is 2.55. The van der Waals surface area contributed by atoms with Gasteiger partial charge < -0.3 is 9.47 Å². The van der Waals surface area contributed by atoms with Gasteiger partial charge >= 0.3 is 12.1 Å². The van der Waals surface area contributed by atoms with E-state index in [4.69, 9.17) is 9.47 Å². The molecule has 0 aliphatic carbocycles. The van der Waals surface area contributed by atoms with Crippen LogP contribution in [0.5, 0.6) is 11.6 Å². The first-order valence-corrected chi connectivity index (χ1v) is 7.42. The summed E-state index contributed by atoms with van der Waals surface area (Å²) in [7, 11) is 0. The number of alkyl halides is 3. The van der Waals surface area contributed by atoms with E-state index in [1.807, 2.05) is 0 Å². The molecule has 7 heteroatoms. The summed E-state index contributed by atoms with van der Waals surface area (Å²) >= 11 is 0. The Kier molecular flexibility index (Phi) is 5.46. The van der Waals surface area contributed by atoms with Gasteiger partial charge in [-0.25, -0.2) is 9.78 Å². The van der Waals surface area contributed by atoms with Crippen LogP contribution in [0.1, 0.15) is 34.0 Å². The van der Waals surface area contributed by atoms with Crippen LogP contribution in [-0.2, 0) is 10.9 Å². The maximum atomic E-state index is 12.8. The van der Waals surface area contributed by atoms with Crippen LogP contribution in [0.3, 0.4) is 0 Å². The number of nitrogens with zero attached hydrogens (tertiary/aromatic N) is 1. The lowest BCUT2D eigenvalue weighted by atomic mass is 10.1. The van der Waals surface area contributed by atoms with E-state index in [-0.39, 0.29) is 29.4 Å². The van der Waals surface area contributed by atoms with Crippen molar-refractivity contribution in [2.75, 3.05) is 6.61 Å². The number of hydrogen-bond donors (Lipinski definition) is 0. The number of carbonyl (C=O) groups excluding carboxylic acids is 1. The second-order valence-corrected chi connectivity index (χ2v) is 5.09. The number of benzene rings is 1. The molecule has 0 fully saturated rings. The van der Waals surface area contributed by atoms with Gasteiger partial charge in [0, 0.05) is 6.20 Å². The Bertz CT molecular complexity index is 801. The molecule has 2 aromatic rings. The van der Waals surface area contributed by atoms with Crippen LogP contribution in [0.4, 0.5) is 13.2 Å². The van der Waals surface area contributed by atoms with Crippen LogP contribution in [0.15, 0.2) is 37.0 Å². The minimum absolute atomic E-state index is 0.0568. The van der Waals surface area contributed by atoms with Crippen LogP contribution < -0.4 is 4.74 Å². The summed E-state index contributed by atoms with van der Waals surface area (Å²) in [5.74, 6) is -0.545. The highest BCUT2D eigenvalue weighted by Gasteiger charge is 2.31. The number of esters is 1. The number of hydrogen-bond acceptors (Lipinski definition) is 4. The molecule has 0 atom stereocenters. The van der Waals surface area contributed by atoms with Crippen LogP contribution in [0, 0.1) is 6.92 Å². The van der Waals surface area contributed by atoms with Crippen molar-refractivity contribution in [1.29, 1.82) is 0 Å². The number of pyridine rings is 1. The van der Waals surface area contributed by atoms with E-state index in [1.54, 1.807) is 13.0 Å². The normalized spacial score (nSPS) is 11.1. The van der Waals surface area contributed by atoms with Crippen molar-refractivity contribution in [1.82, 2.24) is 4.98 Å². The predicted octanol–water partition coefficient (Wildman–Crippen LogP) is 5.02. The van der Waals surface area contributed by atoms with Crippen molar-refractivity contribution >= 4 is 12.0 Å². The average molecular weight is 351 g/mol. The van der Waals surface area contributed by atoms with Crippen molar-refractivity contribution in [3.63, 3.8) is 0 Å². The van der Waals surface area contributed by atoms with E-state index in [1.165, 1.54) is 25.3 Å². The Labute approximate surface area is 142 Å². The SMILES string of the molecule is C=Cc1ccnc(Oc2ccc(C(F)(F)F)cc2C)c1C(=O)OCC. The van der Waals surface area contributed by atoms with Crippen molar-refractivity contribution in [3.8, 4) is 11.6 Å². The molecular weight excluding hydrogens is 335 g/mol. The minimum atomic E-state index is -4.44. The largest absolute Gasteiger partial charge is 0.462 e. The number of carbonyl (C=O) groups is 1. The molecule has 0 radical (unpaired) electrons. The van der Waals surface area contributed by atoms with E-state index in [0.29, 0.717) is 5.56 Å². The van der Waals surface area contributed by atoms with E-state index in [2.05, 4.69) is 11.6 Å². The Morgan fingerprint density at radius 2 is 2.04 bits per heavy atom. The number of halogens is 3. The zero-order valence-corrected chi connectivity index (χ0v) is 13.7. The van der Waals surface area contributed by atoms with Gasteiger partial charge in [0.25, 0.3) is 0 Å². The predicted molar refractivity (Wildman–Crippen MR) is 86.5 cm³/mol. The lowest BCUT2D eigenvalue weighted by molar-refractivity contribution is -0.137. The van der Waals surface area contributed by atoms with Crippen LogP contribution >= 0.6 is 0 Å². The Balaban J connectivity index is 2.44. The van der Waals surface area contributed by atoms with Crippen molar-refractivity contribution < 1.29 is 27.4 Å². The molecule has 0 aliphatic rings. The van der Waals surface area contributed by atoms with Crippen molar-refractivity contribution in [2.24, 2.45) is 0 Å². The van der Waals surface area contributed by atoms with Gasteiger partial charge in [-0.1, -0.05) is 12.7 Å². The lowest BCUT2D eigenvalue weighted by Crippen LogP contribution is -2.10. The van der Waals surface area contributed by atoms with Crippen molar-refractivity contribution in [2.45, 2.75) is 20.0 Å². The maximum absolute atomic E-state index is 12.8. The molecule has 132 valence electrons. The topological polar surface area (TPSA) is 48.4 Å². The summed E-state index contributed by atoms with van der Waals surface area (Å²) in [5, 5.41) is 0. The molecule has 0 amide bonds. The summed E-state index contributed by atoms with van der Waals surface area (Å²) in [6.45, 7) is 6.91. The lowest BCUT2D eigenvalue weighted by Gasteiger charge is -2.14. The molecule has 1 aromatic carbocycles. The summed E-state index contributed by atoms with van der Waals surface area (Å²) < 4.78 is 48.8. The van der Waals surface area contributed by atoms with Crippen LogP contribution in [-0.4, -0.2) is 17.6 Å². The number of ether oxygens (including phenoxy) is 2. The molecule has 4 nitrogen and oxygen atoms in total. The number of aryl methyl sites for hydroxylation is 1. The Morgan fingerprint density at radius 3 is 2.60 bits per heavy atom. The molecule has 0 aliphatic heterocycles. The maximum Gasteiger partial charge on any atom is 0.416 e. The second-order valence-electron chi connectivity index (χ2n) is 5.09. The highest BCUT2D eigenvalue weighted by molar-refractivity contribution is 5.96. The van der Waals surface area contributed by atoms with Crippen LogP contribution in [0.25, 0.3) is 6.08 Å². The van der Waals surface area contributed by atoms with Crippen LogP contribution in [0.2, 0.25) is 0 Å².